The topological polar surface area (TPSA) is 41.8 Å². The quantitative estimate of drug-likeness (QED) is 0.616. The molecule has 0 atom stereocenters. The Labute approximate surface area is 137 Å². The number of hydrogen-bond donors (Lipinski definition) is 2. The number of nitrogens with two attached hydrogens (primary N) is 1. The fourth-order valence-electron chi connectivity index (χ4n) is 2.83. The van der Waals surface area contributed by atoms with Crippen LogP contribution in [0.2, 0.25) is 0 Å². The predicted molar refractivity (Wildman–Crippen MR) is 93.4 cm³/mol. The number of unbranched alkanes of at least 4 members (excludes halogenated alkanes) is 1. The number of aromatic nitrogens is 1. The number of H-pyrrole nitrogens is 1. The molecule has 0 bridgehead atoms. The third-order valence-electron chi connectivity index (χ3n) is 3.88. The smallest absolute Gasteiger partial charge is 0.123 e. The van der Waals surface area contributed by atoms with E-state index in [2.05, 4.69) is 27.0 Å². The van der Waals surface area contributed by atoms with Crippen LogP contribution in [0.25, 0.3) is 22.2 Å². The molecule has 0 unspecified atom stereocenters. The van der Waals surface area contributed by atoms with E-state index in [1.54, 1.807) is 12.1 Å². The SMILES string of the molecule is NCCCCc1c(-c2cccc(F)c2)[nH]c2c(Br)cccc12. The molecule has 2 nitrogen and oxygen atoms in total. The van der Waals surface area contributed by atoms with E-state index in [0.29, 0.717) is 6.54 Å². The van der Waals surface area contributed by atoms with Gasteiger partial charge in [0.2, 0.25) is 0 Å². The molecule has 3 rings (SSSR count). The number of aryl methyl sites for hydroxylation is 1. The van der Waals surface area contributed by atoms with Crippen LogP contribution in [-0.2, 0) is 6.42 Å². The third-order valence-corrected chi connectivity index (χ3v) is 4.55. The molecular weight excluding hydrogens is 343 g/mol. The number of benzene rings is 2. The third kappa shape index (κ3) is 2.94. The van der Waals surface area contributed by atoms with Crippen molar-refractivity contribution in [3.8, 4) is 11.3 Å². The number of para-hydroxylation sites is 1. The first-order valence-corrected chi connectivity index (χ1v) is 8.25. The molecule has 0 amide bonds. The van der Waals surface area contributed by atoms with Crippen LogP contribution in [0.4, 0.5) is 4.39 Å². The highest BCUT2D eigenvalue weighted by Gasteiger charge is 2.14. The fraction of sp³-hybridized carbons (Fsp3) is 0.222. The first-order valence-electron chi connectivity index (χ1n) is 7.46. The van der Waals surface area contributed by atoms with E-state index in [4.69, 9.17) is 5.73 Å². The minimum Gasteiger partial charge on any atom is -0.353 e. The van der Waals surface area contributed by atoms with Crippen molar-refractivity contribution < 1.29 is 4.39 Å². The van der Waals surface area contributed by atoms with Crippen molar-refractivity contribution in [2.75, 3.05) is 6.54 Å². The minimum absolute atomic E-state index is 0.219. The summed E-state index contributed by atoms with van der Waals surface area (Å²) in [6, 6.07) is 12.9. The van der Waals surface area contributed by atoms with Gasteiger partial charge in [0, 0.05) is 21.1 Å². The number of fused-ring (bicyclic) bond motifs is 1. The van der Waals surface area contributed by atoms with Crippen LogP contribution in [-0.4, -0.2) is 11.5 Å². The van der Waals surface area contributed by atoms with Gasteiger partial charge in [0.25, 0.3) is 0 Å². The Kier molecular flexibility index (Phi) is 4.60. The van der Waals surface area contributed by atoms with Crippen molar-refractivity contribution in [2.45, 2.75) is 19.3 Å². The second-order valence-corrected chi connectivity index (χ2v) is 6.25. The number of aromatic amines is 1. The van der Waals surface area contributed by atoms with Crippen LogP contribution in [0.5, 0.6) is 0 Å². The summed E-state index contributed by atoms with van der Waals surface area (Å²) in [5.41, 5.74) is 9.78. The Morgan fingerprint density at radius 3 is 2.68 bits per heavy atom. The van der Waals surface area contributed by atoms with Crippen LogP contribution in [0.1, 0.15) is 18.4 Å². The lowest BCUT2D eigenvalue weighted by Crippen LogP contribution is -1.99. The highest BCUT2D eigenvalue weighted by molar-refractivity contribution is 9.10. The van der Waals surface area contributed by atoms with E-state index >= 15 is 0 Å². The molecule has 0 saturated heterocycles. The number of halogens is 2. The molecule has 1 heterocycles. The highest BCUT2D eigenvalue weighted by atomic mass is 79.9. The average molecular weight is 361 g/mol. The summed E-state index contributed by atoms with van der Waals surface area (Å²) in [6.07, 6.45) is 2.95. The molecular formula is C18H18BrFN2. The Morgan fingerprint density at radius 2 is 1.91 bits per heavy atom. The Balaban J connectivity index is 2.15. The first-order chi connectivity index (χ1) is 10.7. The van der Waals surface area contributed by atoms with Gasteiger partial charge in [0.05, 0.1) is 5.52 Å². The fourth-order valence-corrected chi connectivity index (χ4v) is 3.30. The minimum atomic E-state index is -0.219. The zero-order valence-electron chi connectivity index (χ0n) is 12.2. The van der Waals surface area contributed by atoms with Crippen molar-refractivity contribution in [3.63, 3.8) is 0 Å². The highest BCUT2D eigenvalue weighted by Crippen LogP contribution is 2.34. The van der Waals surface area contributed by atoms with Crippen LogP contribution in [0.3, 0.4) is 0 Å². The summed E-state index contributed by atoms with van der Waals surface area (Å²) < 4.78 is 14.6. The Bertz CT molecular complexity index is 795. The van der Waals surface area contributed by atoms with Gasteiger partial charge in [0.1, 0.15) is 5.82 Å². The molecule has 0 radical (unpaired) electrons. The van der Waals surface area contributed by atoms with Gasteiger partial charge in [-0.1, -0.05) is 24.3 Å². The summed E-state index contributed by atoms with van der Waals surface area (Å²) in [5.74, 6) is -0.219. The summed E-state index contributed by atoms with van der Waals surface area (Å²) in [5, 5.41) is 1.19. The molecule has 2 aromatic carbocycles. The molecule has 4 heteroatoms. The second-order valence-electron chi connectivity index (χ2n) is 5.40. The van der Waals surface area contributed by atoms with Crippen LogP contribution in [0, 0.1) is 5.82 Å². The second kappa shape index (κ2) is 6.63. The largest absolute Gasteiger partial charge is 0.353 e. The van der Waals surface area contributed by atoms with Gasteiger partial charge >= 0.3 is 0 Å². The average Bonchev–Trinajstić information content (AvgIpc) is 2.88. The number of rotatable bonds is 5. The lowest BCUT2D eigenvalue weighted by molar-refractivity contribution is 0.628. The van der Waals surface area contributed by atoms with Gasteiger partial charge in [-0.15, -0.1) is 0 Å². The molecule has 0 fully saturated rings. The van der Waals surface area contributed by atoms with Gasteiger partial charge in [-0.05, 0) is 65.5 Å². The molecule has 3 N–H and O–H groups in total. The van der Waals surface area contributed by atoms with Gasteiger partial charge < -0.3 is 10.7 Å². The van der Waals surface area contributed by atoms with Gasteiger partial charge in [-0.25, -0.2) is 4.39 Å². The molecule has 0 saturated carbocycles. The lowest BCUT2D eigenvalue weighted by atomic mass is 10.0. The van der Waals surface area contributed by atoms with Crippen molar-refractivity contribution >= 4 is 26.8 Å². The molecule has 0 aliphatic rings. The molecule has 1 aromatic heterocycles. The van der Waals surface area contributed by atoms with E-state index in [9.17, 15) is 4.39 Å². The van der Waals surface area contributed by atoms with Crippen LogP contribution in [0.15, 0.2) is 46.9 Å². The summed E-state index contributed by atoms with van der Waals surface area (Å²) in [7, 11) is 0. The van der Waals surface area contributed by atoms with Crippen LogP contribution >= 0.6 is 15.9 Å². The van der Waals surface area contributed by atoms with E-state index < -0.39 is 0 Å². The predicted octanol–water partition coefficient (Wildman–Crippen LogP) is 5.02. The molecule has 22 heavy (non-hydrogen) atoms. The van der Waals surface area contributed by atoms with Crippen molar-refractivity contribution in [1.29, 1.82) is 0 Å². The summed E-state index contributed by atoms with van der Waals surface area (Å²) in [6.45, 7) is 0.696. The zero-order chi connectivity index (χ0) is 15.5. The summed E-state index contributed by atoms with van der Waals surface area (Å²) >= 11 is 3.59. The van der Waals surface area contributed by atoms with Crippen molar-refractivity contribution in [1.82, 2.24) is 4.98 Å². The van der Waals surface area contributed by atoms with E-state index in [1.807, 2.05) is 18.2 Å². The Morgan fingerprint density at radius 1 is 1.09 bits per heavy atom. The van der Waals surface area contributed by atoms with Crippen molar-refractivity contribution in [3.05, 3.63) is 58.3 Å². The maximum Gasteiger partial charge on any atom is 0.123 e. The van der Waals surface area contributed by atoms with E-state index in [1.165, 1.54) is 17.0 Å². The van der Waals surface area contributed by atoms with Gasteiger partial charge in [-0.2, -0.15) is 0 Å². The monoisotopic (exact) mass is 360 g/mol. The molecule has 0 aliphatic carbocycles. The maximum atomic E-state index is 13.6. The standard InChI is InChI=1S/C18H18BrFN2/c19-16-9-4-8-15-14(7-1-2-10-21)17(22-18(15)16)12-5-3-6-13(20)11-12/h3-6,8-9,11,22H,1-2,7,10,21H2. The molecule has 0 aliphatic heterocycles. The maximum absolute atomic E-state index is 13.6. The molecule has 0 spiro atoms. The normalized spacial score (nSPS) is 11.2. The van der Waals surface area contributed by atoms with E-state index in [0.717, 1.165) is 40.5 Å². The van der Waals surface area contributed by atoms with Gasteiger partial charge in [0.15, 0.2) is 0 Å². The first kappa shape index (κ1) is 15.3. The van der Waals surface area contributed by atoms with Crippen LogP contribution < -0.4 is 5.73 Å². The van der Waals surface area contributed by atoms with Gasteiger partial charge in [-0.3, -0.25) is 0 Å². The summed E-state index contributed by atoms with van der Waals surface area (Å²) in [4.78, 5) is 3.46. The van der Waals surface area contributed by atoms with E-state index in [-0.39, 0.29) is 5.82 Å². The Hall–Kier alpha value is -1.65. The number of hydrogen-bond acceptors (Lipinski definition) is 1. The molecule has 114 valence electrons. The molecule has 3 aromatic rings. The lowest BCUT2D eigenvalue weighted by Gasteiger charge is -2.05. The van der Waals surface area contributed by atoms with Crippen molar-refractivity contribution in [2.24, 2.45) is 5.73 Å². The zero-order valence-corrected chi connectivity index (χ0v) is 13.8. The number of nitrogens with one attached hydrogen (secondary N) is 1.